The van der Waals surface area contributed by atoms with Crippen molar-refractivity contribution < 1.29 is 9.59 Å². The van der Waals surface area contributed by atoms with Crippen molar-refractivity contribution >= 4 is 70.0 Å². The van der Waals surface area contributed by atoms with Crippen molar-refractivity contribution in [2.75, 3.05) is 12.8 Å². The van der Waals surface area contributed by atoms with E-state index in [1.807, 2.05) is 6.92 Å². The van der Waals surface area contributed by atoms with Crippen molar-refractivity contribution in [2.45, 2.75) is 31.7 Å². The minimum atomic E-state index is -0.612. The lowest BCUT2D eigenvalue weighted by Gasteiger charge is -2.30. The lowest BCUT2D eigenvalue weighted by atomic mass is 10.1. The van der Waals surface area contributed by atoms with Crippen LogP contribution in [0.15, 0.2) is 36.4 Å². The number of carbonyl (C=O) groups is 2. The van der Waals surface area contributed by atoms with E-state index in [0.717, 1.165) is 11.1 Å². The van der Waals surface area contributed by atoms with Crippen LogP contribution in [0.4, 0.5) is 0 Å². The molecule has 9 heteroatoms. The Hall–Kier alpha value is -1.11. The summed E-state index contributed by atoms with van der Waals surface area (Å²) < 4.78 is 0. The van der Waals surface area contributed by atoms with Gasteiger partial charge in [0.25, 0.3) is 0 Å². The standard InChI is InChI=1S/C21H22Cl4N2O2S/c1-3-19(21(29)26-2)27(10-13-7-8-14(22)9-18(13)25)20(28)12-30-11-15-16(23)5-4-6-17(15)24/h4-9,19H,3,10-12H2,1-2H3,(H,26,29)/t19-/m1/s1. The van der Waals surface area contributed by atoms with E-state index in [1.54, 1.807) is 48.3 Å². The highest BCUT2D eigenvalue weighted by atomic mass is 35.5. The van der Waals surface area contributed by atoms with Crippen LogP contribution in [-0.2, 0) is 21.9 Å². The van der Waals surface area contributed by atoms with Crippen LogP contribution in [0.2, 0.25) is 20.1 Å². The van der Waals surface area contributed by atoms with E-state index < -0.39 is 6.04 Å². The van der Waals surface area contributed by atoms with Crippen LogP contribution < -0.4 is 5.32 Å². The molecule has 0 aromatic heterocycles. The van der Waals surface area contributed by atoms with Crippen LogP contribution >= 0.6 is 58.2 Å². The van der Waals surface area contributed by atoms with E-state index in [9.17, 15) is 9.59 Å². The van der Waals surface area contributed by atoms with Crippen molar-refractivity contribution in [3.8, 4) is 0 Å². The van der Waals surface area contributed by atoms with Gasteiger partial charge in [0, 0.05) is 39.4 Å². The third-order valence-electron chi connectivity index (χ3n) is 4.52. The van der Waals surface area contributed by atoms with Crippen molar-refractivity contribution in [2.24, 2.45) is 0 Å². The molecule has 2 rings (SSSR count). The molecule has 0 radical (unpaired) electrons. The maximum absolute atomic E-state index is 13.1. The summed E-state index contributed by atoms with van der Waals surface area (Å²) in [5.41, 5.74) is 1.50. The molecular formula is C21H22Cl4N2O2S. The minimum Gasteiger partial charge on any atom is -0.357 e. The second-order valence-corrected chi connectivity index (χ2v) is 9.13. The Morgan fingerprint density at radius 3 is 2.30 bits per heavy atom. The molecule has 2 aromatic carbocycles. The highest BCUT2D eigenvalue weighted by Gasteiger charge is 2.28. The normalized spacial score (nSPS) is 11.8. The SMILES string of the molecule is CC[C@H](C(=O)NC)N(Cc1ccc(Cl)cc1Cl)C(=O)CSCc1c(Cl)cccc1Cl. The predicted molar refractivity (Wildman–Crippen MR) is 128 cm³/mol. The van der Waals surface area contributed by atoms with Gasteiger partial charge in [-0.1, -0.05) is 65.5 Å². The molecule has 2 aromatic rings. The van der Waals surface area contributed by atoms with Gasteiger partial charge in [0.2, 0.25) is 11.8 Å². The Balaban J connectivity index is 2.18. The van der Waals surface area contributed by atoms with Gasteiger partial charge in [-0.15, -0.1) is 11.8 Å². The van der Waals surface area contributed by atoms with E-state index in [0.29, 0.717) is 32.3 Å². The summed E-state index contributed by atoms with van der Waals surface area (Å²) in [6.45, 7) is 2.06. The molecule has 1 N–H and O–H groups in total. The number of hydrogen-bond donors (Lipinski definition) is 1. The number of hydrogen-bond acceptors (Lipinski definition) is 3. The summed E-state index contributed by atoms with van der Waals surface area (Å²) in [6, 6.07) is 9.78. The van der Waals surface area contributed by atoms with Crippen molar-refractivity contribution in [3.63, 3.8) is 0 Å². The van der Waals surface area contributed by atoms with Crippen LogP contribution in [-0.4, -0.2) is 35.6 Å². The number of thioether (sulfide) groups is 1. The fourth-order valence-corrected chi connectivity index (χ4v) is 5.03. The summed E-state index contributed by atoms with van der Waals surface area (Å²) in [6.07, 6.45) is 0.470. The van der Waals surface area contributed by atoms with Gasteiger partial charge in [0.05, 0.1) is 5.75 Å². The molecular weight excluding hydrogens is 486 g/mol. The number of halogens is 4. The smallest absolute Gasteiger partial charge is 0.242 e. The van der Waals surface area contributed by atoms with Gasteiger partial charge >= 0.3 is 0 Å². The minimum absolute atomic E-state index is 0.167. The molecule has 0 heterocycles. The molecule has 0 fully saturated rings. The number of nitrogens with one attached hydrogen (secondary N) is 1. The average molecular weight is 508 g/mol. The van der Waals surface area contributed by atoms with Crippen LogP contribution in [0.25, 0.3) is 0 Å². The Morgan fingerprint density at radius 2 is 1.73 bits per heavy atom. The molecule has 0 aliphatic rings. The zero-order valence-corrected chi connectivity index (χ0v) is 20.4. The molecule has 162 valence electrons. The van der Waals surface area contributed by atoms with Crippen LogP contribution in [0.5, 0.6) is 0 Å². The molecule has 0 saturated carbocycles. The number of amides is 2. The van der Waals surface area contributed by atoms with E-state index in [4.69, 9.17) is 46.4 Å². The number of likely N-dealkylation sites (N-methyl/N-ethyl adjacent to an activating group) is 1. The first-order chi connectivity index (χ1) is 14.3. The quantitative estimate of drug-likeness (QED) is 0.447. The van der Waals surface area contributed by atoms with Gasteiger partial charge in [0.15, 0.2) is 0 Å². The third-order valence-corrected chi connectivity index (χ3v) is 6.76. The van der Waals surface area contributed by atoms with E-state index in [2.05, 4.69) is 5.32 Å². The number of nitrogens with zero attached hydrogens (tertiary/aromatic N) is 1. The van der Waals surface area contributed by atoms with Gasteiger partial charge in [0.1, 0.15) is 6.04 Å². The molecule has 0 spiro atoms. The van der Waals surface area contributed by atoms with Gasteiger partial charge in [-0.3, -0.25) is 9.59 Å². The zero-order chi connectivity index (χ0) is 22.3. The number of carbonyl (C=O) groups excluding carboxylic acids is 2. The van der Waals surface area contributed by atoms with E-state index in [-0.39, 0.29) is 24.1 Å². The zero-order valence-electron chi connectivity index (χ0n) is 16.6. The summed E-state index contributed by atoms with van der Waals surface area (Å²) >= 11 is 26.1. The van der Waals surface area contributed by atoms with Gasteiger partial charge < -0.3 is 10.2 Å². The van der Waals surface area contributed by atoms with Gasteiger partial charge in [-0.05, 0) is 41.8 Å². The fraction of sp³-hybridized carbons (Fsp3) is 0.333. The first kappa shape index (κ1) is 25.2. The molecule has 1 atom stereocenters. The molecule has 2 amide bonds. The highest BCUT2D eigenvalue weighted by Crippen LogP contribution is 2.29. The summed E-state index contributed by atoms with van der Waals surface area (Å²) in [5.74, 6) is 0.247. The van der Waals surface area contributed by atoms with Crippen LogP contribution in [0, 0.1) is 0 Å². The molecule has 0 aliphatic heterocycles. The molecule has 0 unspecified atom stereocenters. The lowest BCUT2D eigenvalue weighted by Crippen LogP contribution is -2.48. The first-order valence-corrected chi connectivity index (χ1v) is 11.9. The largest absolute Gasteiger partial charge is 0.357 e. The Kier molecular flexibility index (Phi) is 10.1. The Bertz CT molecular complexity index is 890. The lowest BCUT2D eigenvalue weighted by molar-refractivity contribution is -0.139. The summed E-state index contributed by atoms with van der Waals surface area (Å²) in [5, 5.41) is 4.70. The summed E-state index contributed by atoms with van der Waals surface area (Å²) in [4.78, 5) is 27.0. The molecule has 0 aliphatic carbocycles. The first-order valence-electron chi connectivity index (χ1n) is 9.24. The predicted octanol–water partition coefficient (Wildman–Crippen LogP) is 6.09. The monoisotopic (exact) mass is 506 g/mol. The number of rotatable bonds is 9. The molecule has 30 heavy (non-hydrogen) atoms. The average Bonchev–Trinajstić information content (AvgIpc) is 2.71. The van der Waals surface area contributed by atoms with Gasteiger partial charge in [-0.2, -0.15) is 0 Å². The van der Waals surface area contributed by atoms with Crippen molar-refractivity contribution in [1.29, 1.82) is 0 Å². The van der Waals surface area contributed by atoms with E-state index in [1.165, 1.54) is 11.8 Å². The van der Waals surface area contributed by atoms with E-state index >= 15 is 0 Å². The Labute approximate surface area is 201 Å². The molecule has 0 bridgehead atoms. The topological polar surface area (TPSA) is 49.4 Å². The summed E-state index contributed by atoms with van der Waals surface area (Å²) in [7, 11) is 1.55. The number of benzene rings is 2. The Morgan fingerprint density at radius 1 is 1.07 bits per heavy atom. The van der Waals surface area contributed by atoms with Crippen molar-refractivity contribution in [3.05, 3.63) is 67.6 Å². The van der Waals surface area contributed by atoms with Crippen molar-refractivity contribution in [1.82, 2.24) is 10.2 Å². The maximum atomic E-state index is 13.1. The molecule has 0 saturated heterocycles. The fourth-order valence-electron chi connectivity index (χ4n) is 2.91. The second kappa shape index (κ2) is 12.1. The van der Waals surface area contributed by atoms with Crippen LogP contribution in [0.3, 0.4) is 0 Å². The molecule has 4 nitrogen and oxygen atoms in total. The van der Waals surface area contributed by atoms with Crippen LogP contribution in [0.1, 0.15) is 24.5 Å². The maximum Gasteiger partial charge on any atom is 0.242 e. The third kappa shape index (κ3) is 6.69. The highest BCUT2D eigenvalue weighted by molar-refractivity contribution is 7.99. The second-order valence-electron chi connectivity index (χ2n) is 6.49. The van der Waals surface area contributed by atoms with Gasteiger partial charge in [-0.25, -0.2) is 0 Å².